The number of thiazole rings is 1. The van der Waals surface area contributed by atoms with E-state index in [1.54, 1.807) is 18.2 Å². The molecule has 2 aromatic heterocycles. The second kappa shape index (κ2) is 5.46. The van der Waals surface area contributed by atoms with Crippen molar-refractivity contribution >= 4 is 28.2 Å². The van der Waals surface area contributed by atoms with Gasteiger partial charge >= 0.3 is 5.97 Å². The van der Waals surface area contributed by atoms with E-state index in [0.29, 0.717) is 11.7 Å². The Labute approximate surface area is 119 Å². The second-order valence-corrected chi connectivity index (χ2v) is 5.37. The van der Waals surface area contributed by atoms with Gasteiger partial charge in [-0.3, -0.25) is 4.79 Å². The van der Waals surface area contributed by atoms with Crippen molar-refractivity contribution in [2.24, 2.45) is 0 Å². The summed E-state index contributed by atoms with van der Waals surface area (Å²) >= 11 is 1.09. The number of carboxylic acid groups (broad SMARTS) is 1. The molecule has 7 heteroatoms. The summed E-state index contributed by atoms with van der Waals surface area (Å²) in [6.07, 6.45) is 1.60. The van der Waals surface area contributed by atoms with Gasteiger partial charge < -0.3 is 14.4 Å². The average molecular weight is 294 g/mol. The van der Waals surface area contributed by atoms with Crippen molar-refractivity contribution in [2.75, 3.05) is 11.9 Å². The zero-order valence-electron chi connectivity index (χ0n) is 11.3. The second-order valence-electron chi connectivity index (χ2n) is 4.39. The molecule has 0 saturated heterocycles. The number of ketones is 1. The Morgan fingerprint density at radius 1 is 1.50 bits per heavy atom. The minimum Gasteiger partial charge on any atom is -0.476 e. The van der Waals surface area contributed by atoms with Crippen molar-refractivity contribution in [3.05, 3.63) is 34.2 Å². The van der Waals surface area contributed by atoms with Crippen LogP contribution < -0.4 is 4.90 Å². The number of carboxylic acids is 1. The third kappa shape index (κ3) is 2.72. The Bertz CT molecular complexity index is 628. The van der Waals surface area contributed by atoms with Gasteiger partial charge in [-0.2, -0.15) is 0 Å². The van der Waals surface area contributed by atoms with Gasteiger partial charge in [-0.05, 0) is 13.0 Å². The molecule has 2 heterocycles. The van der Waals surface area contributed by atoms with Crippen LogP contribution in [0.1, 0.15) is 38.4 Å². The lowest BCUT2D eigenvalue weighted by Gasteiger charge is -2.14. The van der Waals surface area contributed by atoms with E-state index in [1.807, 2.05) is 13.0 Å². The monoisotopic (exact) mass is 294 g/mol. The molecule has 0 aliphatic rings. The molecule has 0 spiro atoms. The Morgan fingerprint density at radius 2 is 2.20 bits per heavy atom. The molecule has 0 aliphatic heterocycles. The van der Waals surface area contributed by atoms with Gasteiger partial charge in [-0.15, -0.1) is 0 Å². The van der Waals surface area contributed by atoms with E-state index in [1.165, 1.54) is 6.92 Å². The molecule has 106 valence electrons. The highest BCUT2D eigenvalue weighted by atomic mass is 32.1. The largest absolute Gasteiger partial charge is 0.476 e. The molecule has 0 radical (unpaired) electrons. The lowest BCUT2D eigenvalue weighted by molar-refractivity contribution is 0.0687. The third-order valence-corrected chi connectivity index (χ3v) is 4.11. The SMILES string of the molecule is CC(=O)c1sc(N(C)Cc2ccoc2C)nc1C(=O)O. The summed E-state index contributed by atoms with van der Waals surface area (Å²) in [6.45, 7) is 3.73. The number of nitrogens with zero attached hydrogens (tertiary/aromatic N) is 2. The predicted octanol–water partition coefficient (Wildman–Crippen LogP) is 2.58. The molecule has 20 heavy (non-hydrogen) atoms. The van der Waals surface area contributed by atoms with Crippen molar-refractivity contribution in [3.8, 4) is 0 Å². The highest BCUT2D eigenvalue weighted by Gasteiger charge is 2.22. The van der Waals surface area contributed by atoms with E-state index in [9.17, 15) is 9.59 Å². The first kappa shape index (κ1) is 14.3. The Kier molecular flexibility index (Phi) is 3.89. The average Bonchev–Trinajstić information content (AvgIpc) is 2.96. The fourth-order valence-electron chi connectivity index (χ4n) is 1.75. The van der Waals surface area contributed by atoms with Crippen molar-refractivity contribution in [1.29, 1.82) is 0 Å². The van der Waals surface area contributed by atoms with E-state index in [4.69, 9.17) is 9.52 Å². The van der Waals surface area contributed by atoms with Crippen LogP contribution in [-0.4, -0.2) is 28.9 Å². The normalized spacial score (nSPS) is 10.6. The van der Waals surface area contributed by atoms with Crippen LogP contribution in [0.2, 0.25) is 0 Å². The molecule has 6 nitrogen and oxygen atoms in total. The summed E-state index contributed by atoms with van der Waals surface area (Å²) < 4.78 is 5.21. The number of rotatable bonds is 5. The molecule has 0 bridgehead atoms. The highest BCUT2D eigenvalue weighted by Crippen LogP contribution is 2.27. The predicted molar refractivity (Wildman–Crippen MR) is 74.6 cm³/mol. The zero-order valence-corrected chi connectivity index (χ0v) is 12.2. The quantitative estimate of drug-likeness (QED) is 0.853. The standard InChI is InChI=1S/C13H14N2O4S/c1-7(16)11-10(12(17)18)14-13(20-11)15(3)6-9-4-5-19-8(9)2/h4-5H,6H2,1-3H3,(H,17,18). The van der Waals surface area contributed by atoms with E-state index >= 15 is 0 Å². The lowest BCUT2D eigenvalue weighted by atomic mass is 10.2. The maximum atomic E-state index is 11.5. The Morgan fingerprint density at radius 3 is 2.65 bits per heavy atom. The number of furan rings is 1. The van der Waals surface area contributed by atoms with Crippen molar-refractivity contribution in [3.63, 3.8) is 0 Å². The highest BCUT2D eigenvalue weighted by molar-refractivity contribution is 7.17. The maximum absolute atomic E-state index is 11.5. The summed E-state index contributed by atoms with van der Waals surface area (Å²) in [4.78, 5) is 28.5. The first-order chi connectivity index (χ1) is 9.40. The molecular weight excluding hydrogens is 280 g/mol. The summed E-state index contributed by atoms with van der Waals surface area (Å²) in [6, 6.07) is 1.85. The molecule has 0 aliphatic carbocycles. The van der Waals surface area contributed by atoms with Crippen LogP contribution in [0.5, 0.6) is 0 Å². The van der Waals surface area contributed by atoms with E-state index in [-0.39, 0.29) is 16.4 Å². The number of hydrogen-bond donors (Lipinski definition) is 1. The molecule has 0 aromatic carbocycles. The molecule has 2 aromatic rings. The molecule has 0 amide bonds. The van der Waals surface area contributed by atoms with Gasteiger partial charge in [0.1, 0.15) is 10.6 Å². The van der Waals surface area contributed by atoms with Gasteiger partial charge in [0.2, 0.25) is 0 Å². The van der Waals surface area contributed by atoms with Crippen molar-refractivity contribution < 1.29 is 19.1 Å². The van der Waals surface area contributed by atoms with Crippen LogP contribution in [0.3, 0.4) is 0 Å². The van der Waals surface area contributed by atoms with Gasteiger partial charge in [0, 0.05) is 26.1 Å². The minimum absolute atomic E-state index is 0.170. The third-order valence-electron chi connectivity index (χ3n) is 2.84. The van der Waals surface area contributed by atoms with Crippen LogP contribution in [0.15, 0.2) is 16.7 Å². The fraction of sp³-hybridized carbons (Fsp3) is 0.308. The number of aromatic nitrogens is 1. The number of hydrogen-bond acceptors (Lipinski definition) is 6. The number of Topliss-reactive ketones (excluding diaryl/α,β-unsaturated/α-hetero) is 1. The van der Waals surface area contributed by atoms with E-state index in [0.717, 1.165) is 22.7 Å². The van der Waals surface area contributed by atoms with Crippen LogP contribution in [0.25, 0.3) is 0 Å². The molecule has 0 saturated carbocycles. The zero-order chi connectivity index (χ0) is 14.9. The van der Waals surface area contributed by atoms with Crippen molar-refractivity contribution in [2.45, 2.75) is 20.4 Å². The summed E-state index contributed by atoms with van der Waals surface area (Å²) in [5.41, 5.74) is 0.803. The summed E-state index contributed by atoms with van der Waals surface area (Å²) in [5, 5.41) is 9.56. The fourth-order valence-corrected chi connectivity index (χ4v) is 2.67. The molecular formula is C13H14N2O4S. The number of aryl methyl sites for hydroxylation is 1. The molecule has 0 unspecified atom stereocenters. The molecule has 0 atom stereocenters. The molecule has 0 fully saturated rings. The van der Waals surface area contributed by atoms with Gasteiger partial charge in [-0.1, -0.05) is 11.3 Å². The van der Waals surface area contributed by atoms with E-state index < -0.39 is 5.97 Å². The van der Waals surface area contributed by atoms with Gasteiger partial charge in [0.15, 0.2) is 16.6 Å². The van der Waals surface area contributed by atoms with E-state index in [2.05, 4.69) is 4.98 Å². The number of aromatic carboxylic acids is 1. The number of carbonyl (C=O) groups excluding carboxylic acids is 1. The molecule has 1 N–H and O–H groups in total. The molecule has 2 rings (SSSR count). The van der Waals surface area contributed by atoms with Crippen LogP contribution >= 0.6 is 11.3 Å². The smallest absolute Gasteiger partial charge is 0.356 e. The number of anilines is 1. The maximum Gasteiger partial charge on any atom is 0.356 e. The Hall–Kier alpha value is -2.15. The lowest BCUT2D eigenvalue weighted by Crippen LogP contribution is -2.16. The minimum atomic E-state index is -1.19. The van der Waals surface area contributed by atoms with Crippen LogP contribution in [0, 0.1) is 6.92 Å². The topological polar surface area (TPSA) is 83.6 Å². The number of carbonyl (C=O) groups is 2. The first-order valence-corrected chi connectivity index (χ1v) is 6.71. The van der Waals surface area contributed by atoms with Crippen LogP contribution in [-0.2, 0) is 6.54 Å². The Balaban J connectivity index is 2.29. The van der Waals surface area contributed by atoms with Crippen molar-refractivity contribution in [1.82, 2.24) is 4.98 Å². The summed E-state index contributed by atoms with van der Waals surface area (Å²) in [7, 11) is 1.79. The van der Waals surface area contributed by atoms with Crippen LogP contribution in [0.4, 0.5) is 5.13 Å². The summed E-state index contributed by atoms with van der Waals surface area (Å²) in [5.74, 6) is -0.678. The van der Waals surface area contributed by atoms with Gasteiger partial charge in [0.25, 0.3) is 0 Å². The van der Waals surface area contributed by atoms with Gasteiger partial charge in [0.05, 0.1) is 6.26 Å². The first-order valence-electron chi connectivity index (χ1n) is 5.89. The van der Waals surface area contributed by atoms with Gasteiger partial charge in [-0.25, -0.2) is 9.78 Å².